The number of pyridine rings is 1. The minimum Gasteiger partial charge on any atom is -0.493 e. The van der Waals surface area contributed by atoms with Crippen molar-refractivity contribution in [3.05, 3.63) is 48.2 Å². The van der Waals surface area contributed by atoms with Crippen molar-refractivity contribution < 1.29 is 14.3 Å². The third-order valence-electron chi connectivity index (χ3n) is 2.97. The molecule has 2 aromatic rings. The minimum atomic E-state index is -0.224. The third-order valence-corrected chi connectivity index (χ3v) is 4.02. The lowest BCUT2D eigenvalue weighted by molar-refractivity contribution is 0.0993. The van der Waals surface area contributed by atoms with Crippen LogP contribution in [0.2, 0.25) is 0 Å². The van der Waals surface area contributed by atoms with Gasteiger partial charge in [-0.3, -0.25) is 4.79 Å². The number of benzene rings is 1. The maximum absolute atomic E-state index is 12.5. The van der Waals surface area contributed by atoms with E-state index in [1.165, 1.54) is 11.8 Å². The summed E-state index contributed by atoms with van der Waals surface area (Å²) in [7, 11) is 3.12. The quantitative estimate of drug-likeness (QED) is 0.604. The molecule has 5 heteroatoms. The normalized spacial score (nSPS) is 11.8. The van der Waals surface area contributed by atoms with Gasteiger partial charge in [0.05, 0.1) is 24.5 Å². The molecule has 0 N–H and O–H groups in total. The molecule has 0 saturated carbocycles. The zero-order valence-corrected chi connectivity index (χ0v) is 13.0. The summed E-state index contributed by atoms with van der Waals surface area (Å²) in [5.74, 6) is 1.20. The summed E-state index contributed by atoms with van der Waals surface area (Å²) >= 11 is 1.44. The van der Waals surface area contributed by atoms with Gasteiger partial charge in [0, 0.05) is 11.8 Å². The average molecular weight is 303 g/mol. The number of Topliss-reactive ketones (excluding diaryl/α,β-unsaturated/α-hetero) is 1. The lowest BCUT2D eigenvalue weighted by Gasteiger charge is -2.12. The first kappa shape index (κ1) is 15.4. The molecule has 1 unspecified atom stereocenters. The van der Waals surface area contributed by atoms with Crippen LogP contribution >= 0.6 is 11.8 Å². The second-order valence-electron chi connectivity index (χ2n) is 4.36. The number of rotatable bonds is 6. The fraction of sp³-hybridized carbons (Fsp3) is 0.250. The second-order valence-corrected chi connectivity index (χ2v) is 5.72. The Labute approximate surface area is 128 Å². The van der Waals surface area contributed by atoms with Gasteiger partial charge in [0.2, 0.25) is 0 Å². The molecule has 4 nitrogen and oxygen atoms in total. The summed E-state index contributed by atoms with van der Waals surface area (Å²) in [5, 5.41) is 0.608. The fourth-order valence-corrected chi connectivity index (χ4v) is 2.76. The molecule has 110 valence electrons. The Balaban J connectivity index is 2.15. The van der Waals surface area contributed by atoms with Crippen LogP contribution in [0, 0.1) is 0 Å². The van der Waals surface area contributed by atoms with Crippen LogP contribution in [-0.4, -0.2) is 30.2 Å². The van der Waals surface area contributed by atoms with Gasteiger partial charge in [0.15, 0.2) is 17.3 Å². The molecular formula is C16H17NO3S. The smallest absolute Gasteiger partial charge is 0.176 e. The van der Waals surface area contributed by atoms with Crippen molar-refractivity contribution in [2.24, 2.45) is 0 Å². The number of ketones is 1. The maximum atomic E-state index is 12.5. The molecule has 0 amide bonds. The molecule has 1 heterocycles. The summed E-state index contributed by atoms with van der Waals surface area (Å²) in [4.78, 5) is 16.7. The molecule has 0 bridgehead atoms. The fourth-order valence-electron chi connectivity index (χ4n) is 1.88. The Morgan fingerprint density at radius 3 is 2.52 bits per heavy atom. The van der Waals surface area contributed by atoms with E-state index in [1.807, 2.05) is 25.1 Å². The van der Waals surface area contributed by atoms with E-state index >= 15 is 0 Å². The molecule has 2 rings (SSSR count). The molecule has 0 aliphatic rings. The van der Waals surface area contributed by atoms with Crippen molar-refractivity contribution in [2.75, 3.05) is 14.2 Å². The lowest BCUT2D eigenvalue weighted by Crippen LogP contribution is -2.13. The van der Waals surface area contributed by atoms with Gasteiger partial charge < -0.3 is 9.47 Å². The molecule has 1 atom stereocenters. The highest BCUT2D eigenvalue weighted by Gasteiger charge is 2.18. The molecule has 0 spiro atoms. The lowest BCUT2D eigenvalue weighted by atomic mass is 10.1. The van der Waals surface area contributed by atoms with E-state index < -0.39 is 0 Å². The van der Waals surface area contributed by atoms with E-state index in [4.69, 9.17) is 9.47 Å². The molecule has 0 aliphatic heterocycles. The van der Waals surface area contributed by atoms with Crippen molar-refractivity contribution in [3.8, 4) is 11.5 Å². The van der Waals surface area contributed by atoms with Crippen molar-refractivity contribution in [1.29, 1.82) is 0 Å². The van der Waals surface area contributed by atoms with Gasteiger partial charge in [-0.15, -0.1) is 0 Å². The topological polar surface area (TPSA) is 48.4 Å². The van der Waals surface area contributed by atoms with Crippen LogP contribution < -0.4 is 9.47 Å². The molecule has 21 heavy (non-hydrogen) atoms. The maximum Gasteiger partial charge on any atom is 0.176 e. The number of hydrogen-bond acceptors (Lipinski definition) is 5. The third kappa shape index (κ3) is 3.76. The van der Waals surface area contributed by atoms with E-state index in [0.29, 0.717) is 17.1 Å². The zero-order valence-electron chi connectivity index (χ0n) is 12.2. The van der Waals surface area contributed by atoms with E-state index in [0.717, 1.165) is 5.03 Å². The molecule has 1 aromatic carbocycles. The first-order chi connectivity index (χ1) is 10.2. The summed E-state index contributed by atoms with van der Waals surface area (Å²) in [6.07, 6.45) is 1.72. The molecule has 0 aliphatic carbocycles. The highest BCUT2D eigenvalue weighted by atomic mass is 32.2. The van der Waals surface area contributed by atoms with Gasteiger partial charge in [-0.2, -0.15) is 0 Å². The number of carbonyl (C=O) groups is 1. The van der Waals surface area contributed by atoms with Crippen LogP contribution in [0.1, 0.15) is 17.3 Å². The van der Waals surface area contributed by atoms with Gasteiger partial charge in [0.1, 0.15) is 0 Å². The summed E-state index contributed by atoms with van der Waals surface area (Å²) in [5.41, 5.74) is 0.601. The zero-order chi connectivity index (χ0) is 15.2. The summed E-state index contributed by atoms with van der Waals surface area (Å²) in [6.45, 7) is 1.87. The Hall–Kier alpha value is -2.01. The Morgan fingerprint density at radius 2 is 1.90 bits per heavy atom. The van der Waals surface area contributed by atoms with Crippen LogP contribution in [0.25, 0.3) is 0 Å². The SMILES string of the molecule is COc1ccc(C(=O)C(C)Sc2ccccn2)cc1OC. The Bertz CT molecular complexity index is 616. The van der Waals surface area contributed by atoms with Crippen molar-refractivity contribution in [2.45, 2.75) is 17.2 Å². The van der Waals surface area contributed by atoms with Crippen LogP contribution in [0.5, 0.6) is 11.5 Å². The van der Waals surface area contributed by atoms with Crippen LogP contribution in [0.4, 0.5) is 0 Å². The highest BCUT2D eigenvalue weighted by Crippen LogP contribution is 2.30. The molecule has 0 radical (unpaired) electrons. The minimum absolute atomic E-state index is 0.0339. The molecule has 0 fully saturated rings. The number of hydrogen-bond donors (Lipinski definition) is 0. The van der Waals surface area contributed by atoms with Gasteiger partial charge in [-0.1, -0.05) is 17.8 Å². The van der Waals surface area contributed by atoms with Gasteiger partial charge in [-0.05, 0) is 37.3 Å². The van der Waals surface area contributed by atoms with Crippen molar-refractivity contribution in [3.63, 3.8) is 0 Å². The Morgan fingerprint density at radius 1 is 1.14 bits per heavy atom. The average Bonchev–Trinajstić information content (AvgIpc) is 2.54. The van der Waals surface area contributed by atoms with E-state index in [1.54, 1.807) is 38.6 Å². The van der Waals surface area contributed by atoms with Crippen LogP contribution in [-0.2, 0) is 0 Å². The van der Waals surface area contributed by atoms with Gasteiger partial charge in [-0.25, -0.2) is 4.98 Å². The number of nitrogens with zero attached hydrogens (tertiary/aromatic N) is 1. The standard InChI is InChI=1S/C16H17NO3S/c1-11(21-15-6-4-5-9-17-15)16(18)12-7-8-13(19-2)14(10-12)20-3/h4-11H,1-3H3. The van der Waals surface area contributed by atoms with Gasteiger partial charge in [0.25, 0.3) is 0 Å². The van der Waals surface area contributed by atoms with Crippen molar-refractivity contribution in [1.82, 2.24) is 4.98 Å². The monoisotopic (exact) mass is 303 g/mol. The predicted octanol–water partition coefficient (Wildman–Crippen LogP) is 3.46. The largest absolute Gasteiger partial charge is 0.493 e. The second kappa shape index (κ2) is 7.13. The van der Waals surface area contributed by atoms with Crippen molar-refractivity contribution >= 4 is 17.5 Å². The summed E-state index contributed by atoms with van der Waals surface area (Å²) in [6, 6.07) is 10.8. The molecular weight excluding hydrogens is 286 g/mol. The number of thioether (sulfide) groups is 1. The summed E-state index contributed by atoms with van der Waals surface area (Å²) < 4.78 is 10.4. The predicted molar refractivity (Wildman–Crippen MR) is 83.4 cm³/mol. The molecule has 0 saturated heterocycles. The van der Waals surface area contributed by atoms with E-state index in [-0.39, 0.29) is 11.0 Å². The number of methoxy groups -OCH3 is 2. The van der Waals surface area contributed by atoms with Crippen LogP contribution in [0.15, 0.2) is 47.6 Å². The highest BCUT2D eigenvalue weighted by molar-refractivity contribution is 8.00. The number of carbonyl (C=O) groups excluding carboxylic acids is 1. The first-order valence-corrected chi connectivity index (χ1v) is 7.37. The molecule has 1 aromatic heterocycles. The van der Waals surface area contributed by atoms with Gasteiger partial charge >= 0.3 is 0 Å². The van der Waals surface area contributed by atoms with E-state index in [9.17, 15) is 4.79 Å². The number of ether oxygens (including phenoxy) is 2. The van der Waals surface area contributed by atoms with Crippen LogP contribution in [0.3, 0.4) is 0 Å². The van der Waals surface area contributed by atoms with E-state index in [2.05, 4.69) is 4.98 Å². The Kier molecular flexibility index (Phi) is 5.22. The first-order valence-electron chi connectivity index (χ1n) is 6.49. The number of aromatic nitrogens is 1.